The van der Waals surface area contributed by atoms with Gasteiger partial charge in [0.25, 0.3) is 0 Å². The van der Waals surface area contributed by atoms with E-state index in [9.17, 15) is 4.79 Å². The lowest BCUT2D eigenvalue weighted by molar-refractivity contribution is -0.116. The van der Waals surface area contributed by atoms with Crippen molar-refractivity contribution in [1.82, 2.24) is 10.2 Å². The van der Waals surface area contributed by atoms with E-state index in [2.05, 4.69) is 27.4 Å². The standard InChI is InChI=1S/C18H29N5O2/c1-2-7-20-18(19)21-14-15-4-3-5-16(13-15)22-17(24)6-8-23-9-11-25-12-10-23/h3-5,13H,2,6-12,14H2,1H3,(H,22,24)(H3,19,20,21). The molecule has 138 valence electrons. The number of carbonyl (C=O) groups excluding carboxylic acids is 1. The van der Waals surface area contributed by atoms with Gasteiger partial charge in [0.05, 0.1) is 19.8 Å². The maximum atomic E-state index is 12.1. The van der Waals surface area contributed by atoms with Crippen molar-refractivity contribution < 1.29 is 9.53 Å². The first-order valence-corrected chi connectivity index (χ1v) is 8.90. The van der Waals surface area contributed by atoms with Crippen LogP contribution in [0.5, 0.6) is 0 Å². The number of carbonyl (C=O) groups is 1. The van der Waals surface area contributed by atoms with E-state index in [1.54, 1.807) is 0 Å². The van der Waals surface area contributed by atoms with Gasteiger partial charge in [-0.25, -0.2) is 4.99 Å². The molecule has 4 N–H and O–H groups in total. The van der Waals surface area contributed by atoms with Gasteiger partial charge in [0.2, 0.25) is 5.91 Å². The number of morpholine rings is 1. The maximum absolute atomic E-state index is 12.1. The second kappa shape index (κ2) is 10.7. The average molecular weight is 347 g/mol. The molecule has 7 heteroatoms. The zero-order valence-corrected chi connectivity index (χ0v) is 15.0. The number of ether oxygens (including phenoxy) is 1. The second-order valence-corrected chi connectivity index (χ2v) is 6.08. The smallest absolute Gasteiger partial charge is 0.225 e. The van der Waals surface area contributed by atoms with Gasteiger partial charge in [0, 0.05) is 38.3 Å². The quantitative estimate of drug-likeness (QED) is 0.485. The molecule has 1 aromatic rings. The van der Waals surface area contributed by atoms with E-state index in [-0.39, 0.29) is 5.91 Å². The summed E-state index contributed by atoms with van der Waals surface area (Å²) in [5.41, 5.74) is 7.59. The second-order valence-electron chi connectivity index (χ2n) is 6.08. The minimum absolute atomic E-state index is 0.0243. The fourth-order valence-corrected chi connectivity index (χ4v) is 2.54. The summed E-state index contributed by atoms with van der Waals surface area (Å²) in [4.78, 5) is 18.7. The predicted octanol–water partition coefficient (Wildman–Crippen LogP) is 1.16. The van der Waals surface area contributed by atoms with E-state index in [1.807, 2.05) is 24.3 Å². The van der Waals surface area contributed by atoms with Crippen molar-refractivity contribution in [2.45, 2.75) is 26.3 Å². The molecule has 0 unspecified atom stereocenters. The number of rotatable bonds is 8. The van der Waals surface area contributed by atoms with Gasteiger partial charge in [-0.2, -0.15) is 0 Å². The van der Waals surface area contributed by atoms with Gasteiger partial charge in [-0.1, -0.05) is 19.1 Å². The van der Waals surface area contributed by atoms with Crippen LogP contribution in [0.2, 0.25) is 0 Å². The number of hydrogen-bond acceptors (Lipinski definition) is 4. The van der Waals surface area contributed by atoms with Gasteiger partial charge in [-0.15, -0.1) is 0 Å². The van der Waals surface area contributed by atoms with Crippen LogP contribution in [0, 0.1) is 0 Å². The lowest BCUT2D eigenvalue weighted by Gasteiger charge is -2.26. The SMILES string of the molecule is CCCNC(N)=NCc1cccc(NC(=O)CCN2CCOCC2)c1. The van der Waals surface area contributed by atoms with Crippen LogP contribution in [0.1, 0.15) is 25.3 Å². The number of nitrogens with zero attached hydrogens (tertiary/aromatic N) is 2. The third kappa shape index (κ3) is 7.53. The summed E-state index contributed by atoms with van der Waals surface area (Å²) in [6, 6.07) is 7.71. The minimum atomic E-state index is 0.0243. The van der Waals surface area contributed by atoms with Crippen molar-refractivity contribution in [3.05, 3.63) is 29.8 Å². The van der Waals surface area contributed by atoms with E-state index in [1.165, 1.54) is 0 Å². The largest absolute Gasteiger partial charge is 0.379 e. The summed E-state index contributed by atoms with van der Waals surface area (Å²) < 4.78 is 5.31. The third-order valence-electron chi connectivity index (χ3n) is 3.96. The molecule has 1 aliphatic heterocycles. The van der Waals surface area contributed by atoms with Crippen LogP contribution >= 0.6 is 0 Å². The number of amides is 1. The van der Waals surface area contributed by atoms with Crippen molar-refractivity contribution >= 4 is 17.6 Å². The highest BCUT2D eigenvalue weighted by molar-refractivity contribution is 5.90. The summed E-state index contributed by atoms with van der Waals surface area (Å²) in [5, 5.41) is 5.99. The van der Waals surface area contributed by atoms with Crippen LogP contribution in [0.15, 0.2) is 29.3 Å². The average Bonchev–Trinajstić information content (AvgIpc) is 2.64. The zero-order valence-electron chi connectivity index (χ0n) is 15.0. The number of guanidine groups is 1. The molecule has 0 bridgehead atoms. The molecule has 1 aromatic carbocycles. The van der Waals surface area contributed by atoms with E-state index < -0.39 is 0 Å². The molecule has 7 nitrogen and oxygen atoms in total. The molecule has 1 saturated heterocycles. The van der Waals surface area contributed by atoms with Gasteiger partial charge < -0.3 is 21.1 Å². The van der Waals surface area contributed by atoms with E-state index in [0.29, 0.717) is 18.9 Å². The van der Waals surface area contributed by atoms with Crippen molar-refractivity contribution in [3.63, 3.8) is 0 Å². The van der Waals surface area contributed by atoms with Gasteiger partial charge in [0.1, 0.15) is 0 Å². The molecule has 0 atom stereocenters. The van der Waals surface area contributed by atoms with Gasteiger partial charge in [-0.3, -0.25) is 9.69 Å². The molecule has 0 saturated carbocycles. The number of anilines is 1. The normalized spacial score (nSPS) is 15.8. The molecule has 1 fully saturated rings. The fourth-order valence-electron chi connectivity index (χ4n) is 2.54. The summed E-state index contributed by atoms with van der Waals surface area (Å²) in [6.07, 6.45) is 1.48. The molecule has 1 aliphatic rings. The van der Waals surface area contributed by atoms with Crippen LogP contribution in [-0.4, -0.2) is 56.2 Å². The van der Waals surface area contributed by atoms with Crippen molar-refractivity contribution in [2.24, 2.45) is 10.7 Å². The molecule has 0 radical (unpaired) electrons. The molecule has 2 rings (SSSR count). The van der Waals surface area contributed by atoms with Crippen LogP contribution in [0.4, 0.5) is 5.69 Å². The Morgan fingerprint density at radius 3 is 2.92 bits per heavy atom. The van der Waals surface area contributed by atoms with Gasteiger partial charge in [-0.05, 0) is 24.1 Å². The van der Waals surface area contributed by atoms with E-state index in [0.717, 1.165) is 57.1 Å². The van der Waals surface area contributed by atoms with Crippen LogP contribution < -0.4 is 16.4 Å². The Balaban J connectivity index is 1.78. The number of hydrogen-bond donors (Lipinski definition) is 3. The molecule has 1 amide bonds. The molecule has 0 aromatic heterocycles. The predicted molar refractivity (Wildman–Crippen MR) is 101 cm³/mol. The highest BCUT2D eigenvalue weighted by Gasteiger charge is 2.12. The summed E-state index contributed by atoms with van der Waals surface area (Å²) >= 11 is 0. The Bertz CT molecular complexity index is 570. The van der Waals surface area contributed by atoms with Gasteiger partial charge in [0.15, 0.2) is 5.96 Å². The first kappa shape index (κ1) is 19.2. The Labute approximate surface area is 149 Å². The van der Waals surface area contributed by atoms with E-state index in [4.69, 9.17) is 10.5 Å². The van der Waals surface area contributed by atoms with E-state index >= 15 is 0 Å². The van der Waals surface area contributed by atoms with Crippen LogP contribution in [0.3, 0.4) is 0 Å². The van der Waals surface area contributed by atoms with Crippen molar-refractivity contribution in [1.29, 1.82) is 0 Å². The van der Waals surface area contributed by atoms with Crippen molar-refractivity contribution in [2.75, 3.05) is 44.7 Å². The lowest BCUT2D eigenvalue weighted by atomic mass is 10.2. The highest BCUT2D eigenvalue weighted by atomic mass is 16.5. The Hall–Kier alpha value is -2.12. The van der Waals surface area contributed by atoms with Crippen LogP contribution in [0.25, 0.3) is 0 Å². The third-order valence-corrected chi connectivity index (χ3v) is 3.96. The highest BCUT2D eigenvalue weighted by Crippen LogP contribution is 2.12. The number of nitrogens with two attached hydrogens (primary N) is 1. The molecule has 1 heterocycles. The molecule has 0 spiro atoms. The molecular formula is C18H29N5O2. The first-order valence-electron chi connectivity index (χ1n) is 8.90. The zero-order chi connectivity index (χ0) is 17.9. The molecular weight excluding hydrogens is 318 g/mol. The Morgan fingerprint density at radius 1 is 1.36 bits per heavy atom. The number of nitrogens with one attached hydrogen (secondary N) is 2. The van der Waals surface area contributed by atoms with Gasteiger partial charge >= 0.3 is 0 Å². The van der Waals surface area contributed by atoms with Crippen LogP contribution in [-0.2, 0) is 16.1 Å². The summed E-state index contributed by atoms with van der Waals surface area (Å²) in [6.45, 7) is 7.43. The Kier molecular flexibility index (Phi) is 8.21. The minimum Gasteiger partial charge on any atom is -0.379 e. The summed E-state index contributed by atoms with van der Waals surface area (Å²) in [5.74, 6) is 0.470. The Morgan fingerprint density at radius 2 is 2.16 bits per heavy atom. The summed E-state index contributed by atoms with van der Waals surface area (Å²) in [7, 11) is 0. The fraction of sp³-hybridized carbons (Fsp3) is 0.556. The molecule has 25 heavy (non-hydrogen) atoms. The monoisotopic (exact) mass is 347 g/mol. The number of aliphatic imine (C=N–C) groups is 1. The lowest BCUT2D eigenvalue weighted by Crippen LogP contribution is -2.38. The first-order chi connectivity index (χ1) is 12.2. The topological polar surface area (TPSA) is 92.0 Å². The molecule has 0 aliphatic carbocycles. The van der Waals surface area contributed by atoms with Crippen molar-refractivity contribution in [3.8, 4) is 0 Å². The maximum Gasteiger partial charge on any atom is 0.225 e. The number of benzene rings is 1.